The fraction of sp³-hybridized carbons (Fsp3) is 0.231. The van der Waals surface area contributed by atoms with Gasteiger partial charge in [0.25, 0.3) is 0 Å². The number of benzene rings is 1. The van der Waals surface area contributed by atoms with Gasteiger partial charge >= 0.3 is 7.12 Å². The van der Waals surface area contributed by atoms with Crippen molar-refractivity contribution in [3.8, 4) is 0 Å². The van der Waals surface area contributed by atoms with Gasteiger partial charge in [0.15, 0.2) is 0 Å². The quantitative estimate of drug-likeness (QED) is 0.730. The van der Waals surface area contributed by atoms with E-state index in [2.05, 4.69) is 12.2 Å². The van der Waals surface area contributed by atoms with Crippen molar-refractivity contribution < 1.29 is 10.0 Å². The van der Waals surface area contributed by atoms with Gasteiger partial charge in [0.1, 0.15) is 0 Å². The van der Waals surface area contributed by atoms with Crippen LogP contribution in [0.3, 0.4) is 0 Å². The number of hydrogen-bond acceptors (Lipinski definition) is 2. The first-order valence-corrected chi connectivity index (χ1v) is 5.52. The molecule has 0 fully saturated rings. The van der Waals surface area contributed by atoms with Crippen LogP contribution in [0.25, 0.3) is 5.57 Å². The third kappa shape index (κ3) is 2.26. The van der Waals surface area contributed by atoms with Gasteiger partial charge in [-0.2, -0.15) is 0 Å². The molecule has 0 bridgehead atoms. The van der Waals surface area contributed by atoms with Crippen LogP contribution in [0.1, 0.15) is 24.0 Å². The molecule has 0 atom stereocenters. The molecule has 0 unspecified atom stereocenters. The van der Waals surface area contributed by atoms with Crippen LogP contribution in [0, 0.1) is 6.92 Å². The van der Waals surface area contributed by atoms with E-state index in [1.807, 2.05) is 31.2 Å². The molecule has 0 aliphatic heterocycles. The molecule has 0 amide bonds. The minimum Gasteiger partial charge on any atom is -0.423 e. The summed E-state index contributed by atoms with van der Waals surface area (Å²) in [6, 6.07) is 5.76. The van der Waals surface area contributed by atoms with E-state index in [1.165, 1.54) is 0 Å². The van der Waals surface area contributed by atoms with E-state index in [0.717, 1.165) is 29.5 Å². The molecule has 16 heavy (non-hydrogen) atoms. The van der Waals surface area contributed by atoms with E-state index in [9.17, 15) is 10.0 Å². The Balaban J connectivity index is 2.47. The Labute approximate surface area is 96.1 Å². The van der Waals surface area contributed by atoms with E-state index in [4.69, 9.17) is 0 Å². The largest absolute Gasteiger partial charge is 0.489 e. The van der Waals surface area contributed by atoms with Gasteiger partial charge in [0, 0.05) is 0 Å². The summed E-state index contributed by atoms with van der Waals surface area (Å²) in [5.41, 5.74) is 3.61. The second kappa shape index (κ2) is 4.68. The molecular formula is C13H15BO2. The zero-order valence-corrected chi connectivity index (χ0v) is 9.35. The third-order valence-electron chi connectivity index (χ3n) is 2.79. The van der Waals surface area contributed by atoms with E-state index in [1.54, 1.807) is 0 Å². The normalized spacial score (nSPS) is 14.8. The highest BCUT2D eigenvalue weighted by molar-refractivity contribution is 6.59. The second-order valence-corrected chi connectivity index (χ2v) is 4.10. The molecule has 82 valence electrons. The monoisotopic (exact) mass is 214 g/mol. The van der Waals surface area contributed by atoms with Gasteiger partial charge < -0.3 is 10.0 Å². The summed E-state index contributed by atoms with van der Waals surface area (Å²) < 4.78 is 0. The zero-order chi connectivity index (χ0) is 11.5. The third-order valence-corrected chi connectivity index (χ3v) is 2.79. The standard InChI is InChI=1S/C13H15BO2/c1-10-7-8-12(13(9-10)14(15)16)11-5-3-2-4-6-11/h3,5-9,15-16H,2,4H2,1H3. The molecule has 0 heterocycles. The Hall–Kier alpha value is -1.32. The fourth-order valence-corrected chi connectivity index (χ4v) is 1.97. The minimum atomic E-state index is -1.41. The average molecular weight is 214 g/mol. The molecule has 3 heteroatoms. The molecule has 2 rings (SSSR count). The van der Waals surface area contributed by atoms with Crippen LogP contribution < -0.4 is 5.46 Å². The Morgan fingerprint density at radius 2 is 2.00 bits per heavy atom. The lowest BCUT2D eigenvalue weighted by atomic mass is 9.74. The van der Waals surface area contributed by atoms with E-state index in [-0.39, 0.29) is 0 Å². The summed E-state index contributed by atoms with van der Waals surface area (Å²) in [6.07, 6.45) is 8.37. The lowest BCUT2D eigenvalue weighted by Gasteiger charge is -2.13. The van der Waals surface area contributed by atoms with Gasteiger partial charge in [0.2, 0.25) is 0 Å². The molecule has 0 spiro atoms. The number of rotatable bonds is 2. The van der Waals surface area contributed by atoms with Crippen LogP contribution >= 0.6 is 0 Å². The first-order chi connectivity index (χ1) is 7.68. The molecule has 1 aromatic carbocycles. The SMILES string of the molecule is Cc1ccc(C2=CCCC=C2)c(B(O)O)c1. The second-order valence-electron chi connectivity index (χ2n) is 4.10. The average Bonchev–Trinajstić information content (AvgIpc) is 2.30. The van der Waals surface area contributed by atoms with Crippen molar-refractivity contribution in [2.45, 2.75) is 19.8 Å². The first-order valence-electron chi connectivity index (χ1n) is 5.52. The van der Waals surface area contributed by atoms with Crippen LogP contribution in [0.5, 0.6) is 0 Å². The van der Waals surface area contributed by atoms with Crippen molar-refractivity contribution >= 4 is 18.2 Å². The highest BCUT2D eigenvalue weighted by Gasteiger charge is 2.17. The predicted molar refractivity (Wildman–Crippen MR) is 67.4 cm³/mol. The molecule has 1 aliphatic rings. The molecule has 0 saturated heterocycles. The molecular weight excluding hydrogens is 199 g/mol. The van der Waals surface area contributed by atoms with Gasteiger partial charge in [0.05, 0.1) is 0 Å². The molecule has 1 aliphatic carbocycles. The van der Waals surface area contributed by atoms with Crippen molar-refractivity contribution in [1.29, 1.82) is 0 Å². The lowest BCUT2D eigenvalue weighted by molar-refractivity contribution is 0.425. The van der Waals surface area contributed by atoms with Crippen LogP contribution in [0.4, 0.5) is 0 Å². The Kier molecular flexibility index (Phi) is 3.27. The Morgan fingerprint density at radius 3 is 2.62 bits per heavy atom. The van der Waals surface area contributed by atoms with Crippen molar-refractivity contribution in [2.24, 2.45) is 0 Å². The predicted octanol–water partition coefficient (Wildman–Crippen LogP) is 1.41. The van der Waals surface area contributed by atoms with E-state index >= 15 is 0 Å². The number of hydrogen-bond donors (Lipinski definition) is 2. The maximum Gasteiger partial charge on any atom is 0.489 e. The molecule has 0 radical (unpaired) electrons. The fourth-order valence-electron chi connectivity index (χ4n) is 1.97. The maximum atomic E-state index is 9.36. The van der Waals surface area contributed by atoms with Crippen LogP contribution in [-0.4, -0.2) is 17.2 Å². The summed E-state index contributed by atoms with van der Waals surface area (Å²) in [6.45, 7) is 1.95. The Morgan fingerprint density at radius 1 is 1.19 bits per heavy atom. The smallest absolute Gasteiger partial charge is 0.423 e. The van der Waals surface area contributed by atoms with Gasteiger partial charge in [-0.1, -0.05) is 42.0 Å². The minimum absolute atomic E-state index is 0.581. The molecule has 1 aromatic rings. The number of aryl methyl sites for hydroxylation is 1. The highest BCUT2D eigenvalue weighted by atomic mass is 16.4. The topological polar surface area (TPSA) is 40.5 Å². The lowest BCUT2D eigenvalue weighted by Crippen LogP contribution is -2.33. The summed E-state index contributed by atoms with van der Waals surface area (Å²) in [5.74, 6) is 0. The van der Waals surface area contributed by atoms with Crippen LogP contribution in [0.2, 0.25) is 0 Å². The first kappa shape index (κ1) is 11.2. The molecule has 2 N–H and O–H groups in total. The summed E-state index contributed by atoms with van der Waals surface area (Å²) in [7, 11) is -1.41. The van der Waals surface area contributed by atoms with Gasteiger partial charge in [-0.15, -0.1) is 0 Å². The summed E-state index contributed by atoms with van der Waals surface area (Å²) in [4.78, 5) is 0. The van der Waals surface area contributed by atoms with E-state index < -0.39 is 7.12 Å². The molecule has 2 nitrogen and oxygen atoms in total. The van der Waals surface area contributed by atoms with Crippen molar-refractivity contribution in [3.63, 3.8) is 0 Å². The van der Waals surface area contributed by atoms with Gasteiger partial charge in [-0.05, 0) is 36.4 Å². The Bertz CT molecular complexity index is 447. The number of allylic oxidation sites excluding steroid dienone is 4. The van der Waals surface area contributed by atoms with E-state index in [0.29, 0.717) is 5.46 Å². The molecule has 0 aromatic heterocycles. The van der Waals surface area contributed by atoms with Crippen molar-refractivity contribution in [2.75, 3.05) is 0 Å². The van der Waals surface area contributed by atoms with Gasteiger partial charge in [-0.25, -0.2) is 0 Å². The highest BCUT2D eigenvalue weighted by Crippen LogP contribution is 2.20. The maximum absolute atomic E-state index is 9.36. The van der Waals surface area contributed by atoms with Crippen molar-refractivity contribution in [3.05, 3.63) is 47.6 Å². The summed E-state index contributed by atoms with van der Waals surface area (Å²) >= 11 is 0. The van der Waals surface area contributed by atoms with Crippen LogP contribution in [-0.2, 0) is 0 Å². The summed E-state index contributed by atoms with van der Waals surface area (Å²) in [5, 5.41) is 18.7. The molecule has 0 saturated carbocycles. The zero-order valence-electron chi connectivity index (χ0n) is 9.35. The van der Waals surface area contributed by atoms with Crippen LogP contribution in [0.15, 0.2) is 36.4 Å². The van der Waals surface area contributed by atoms with Crippen molar-refractivity contribution in [1.82, 2.24) is 0 Å². The van der Waals surface area contributed by atoms with Gasteiger partial charge in [-0.3, -0.25) is 0 Å².